The lowest BCUT2D eigenvalue weighted by atomic mass is 9.95. The highest BCUT2D eigenvalue weighted by atomic mass is 35.5. The first-order valence-electron chi connectivity index (χ1n) is 10.2. The second-order valence-electron chi connectivity index (χ2n) is 8.05. The van der Waals surface area contributed by atoms with Crippen molar-refractivity contribution < 1.29 is 4.79 Å². The van der Waals surface area contributed by atoms with Gasteiger partial charge in [0.1, 0.15) is 0 Å². The largest absolute Gasteiger partial charge is 0.324 e. The molecule has 0 bridgehead atoms. The van der Waals surface area contributed by atoms with Gasteiger partial charge in [0.05, 0.1) is 0 Å². The quantitative estimate of drug-likeness (QED) is 0.795. The van der Waals surface area contributed by atoms with Gasteiger partial charge in [0.15, 0.2) is 0 Å². The highest BCUT2D eigenvalue weighted by Crippen LogP contribution is 2.25. The third-order valence-electron chi connectivity index (χ3n) is 6.04. The third kappa shape index (κ3) is 4.34. The van der Waals surface area contributed by atoms with E-state index in [4.69, 9.17) is 11.6 Å². The molecule has 1 N–H and O–H groups in total. The number of carbonyl (C=O) groups is 1. The molecule has 5 heteroatoms. The fourth-order valence-corrected chi connectivity index (χ4v) is 4.59. The van der Waals surface area contributed by atoms with Crippen LogP contribution < -0.4 is 5.32 Å². The van der Waals surface area contributed by atoms with E-state index >= 15 is 0 Å². The molecule has 148 valence electrons. The van der Waals surface area contributed by atoms with Crippen LogP contribution >= 0.6 is 11.6 Å². The first-order chi connectivity index (χ1) is 13.6. The molecule has 4 rings (SSSR count). The maximum atomic E-state index is 12.8. The molecule has 0 aliphatic carbocycles. The molecule has 2 aliphatic rings. The smallest absolute Gasteiger partial charge is 0.321 e. The highest BCUT2D eigenvalue weighted by Gasteiger charge is 2.26. The van der Waals surface area contributed by atoms with Crippen LogP contribution in [0.25, 0.3) is 0 Å². The molecular formula is C23H28ClN3O. The van der Waals surface area contributed by atoms with Gasteiger partial charge in [-0.3, -0.25) is 4.90 Å². The zero-order valence-corrected chi connectivity index (χ0v) is 17.2. The summed E-state index contributed by atoms with van der Waals surface area (Å²) in [4.78, 5) is 17.3. The summed E-state index contributed by atoms with van der Waals surface area (Å²) in [6, 6.07) is 14.4. The van der Waals surface area contributed by atoms with Crippen molar-refractivity contribution >= 4 is 23.3 Å². The summed E-state index contributed by atoms with van der Waals surface area (Å²) in [5, 5.41) is 3.73. The van der Waals surface area contributed by atoms with Crippen LogP contribution in [0.5, 0.6) is 0 Å². The number of nitrogens with one attached hydrogen (secondary N) is 1. The Hall–Kier alpha value is -2.04. The van der Waals surface area contributed by atoms with Crippen LogP contribution in [0.2, 0.25) is 5.02 Å². The van der Waals surface area contributed by atoms with Crippen LogP contribution in [0.3, 0.4) is 0 Å². The molecular weight excluding hydrogens is 370 g/mol. The standard InChI is InChI=1S/C23H28ClN3O/c1-17-21(24)9-4-10-22(17)25-23(28)27-12-5-6-18(15-27)14-26-13-11-19-7-2-3-8-20(19)16-26/h2-4,7-10,18H,5-6,11-16H2,1H3,(H,25,28). The van der Waals surface area contributed by atoms with E-state index in [1.807, 2.05) is 30.0 Å². The van der Waals surface area contributed by atoms with Crippen LogP contribution in [-0.4, -0.2) is 42.0 Å². The molecule has 4 nitrogen and oxygen atoms in total. The number of fused-ring (bicyclic) bond motifs is 1. The van der Waals surface area contributed by atoms with E-state index < -0.39 is 0 Å². The normalized spacial score (nSPS) is 19.9. The lowest BCUT2D eigenvalue weighted by Crippen LogP contribution is -2.46. The number of rotatable bonds is 3. The molecule has 0 spiro atoms. The number of likely N-dealkylation sites (tertiary alicyclic amines) is 1. The van der Waals surface area contributed by atoms with Gasteiger partial charge in [0.2, 0.25) is 0 Å². The van der Waals surface area contributed by atoms with Crippen molar-refractivity contribution in [1.29, 1.82) is 0 Å². The number of benzene rings is 2. The van der Waals surface area contributed by atoms with Gasteiger partial charge in [-0.05, 0) is 60.9 Å². The Morgan fingerprint density at radius 3 is 2.82 bits per heavy atom. The highest BCUT2D eigenvalue weighted by molar-refractivity contribution is 6.31. The van der Waals surface area contributed by atoms with Gasteiger partial charge in [-0.2, -0.15) is 0 Å². The number of nitrogens with zero attached hydrogens (tertiary/aromatic N) is 2. The fourth-order valence-electron chi connectivity index (χ4n) is 4.41. The average molecular weight is 398 g/mol. The first kappa shape index (κ1) is 19.3. The average Bonchev–Trinajstić information content (AvgIpc) is 2.71. The number of piperidine rings is 1. The number of hydrogen-bond donors (Lipinski definition) is 1. The number of urea groups is 1. The molecule has 28 heavy (non-hydrogen) atoms. The van der Waals surface area contributed by atoms with Crippen molar-refractivity contribution in [1.82, 2.24) is 9.80 Å². The van der Waals surface area contributed by atoms with Crippen molar-refractivity contribution in [3.8, 4) is 0 Å². The monoisotopic (exact) mass is 397 g/mol. The summed E-state index contributed by atoms with van der Waals surface area (Å²) in [7, 11) is 0. The van der Waals surface area contributed by atoms with Gasteiger partial charge < -0.3 is 10.2 Å². The van der Waals surface area contributed by atoms with Crippen molar-refractivity contribution in [2.75, 3.05) is 31.5 Å². The molecule has 2 aliphatic heterocycles. The maximum Gasteiger partial charge on any atom is 0.321 e. The number of amides is 2. The molecule has 2 heterocycles. The van der Waals surface area contributed by atoms with Crippen molar-refractivity contribution in [2.24, 2.45) is 5.92 Å². The van der Waals surface area contributed by atoms with E-state index in [-0.39, 0.29) is 6.03 Å². The molecule has 0 saturated carbocycles. The lowest BCUT2D eigenvalue weighted by molar-refractivity contribution is 0.140. The molecule has 2 aromatic carbocycles. The second-order valence-corrected chi connectivity index (χ2v) is 8.46. The fraction of sp³-hybridized carbons (Fsp3) is 0.435. The van der Waals surface area contributed by atoms with Crippen LogP contribution in [0, 0.1) is 12.8 Å². The second kappa shape index (κ2) is 8.54. The predicted molar refractivity (Wildman–Crippen MR) is 115 cm³/mol. The Morgan fingerprint density at radius 2 is 1.96 bits per heavy atom. The minimum absolute atomic E-state index is 0.0148. The van der Waals surface area contributed by atoms with Crippen molar-refractivity contribution in [3.63, 3.8) is 0 Å². The Balaban J connectivity index is 1.34. The lowest BCUT2D eigenvalue weighted by Gasteiger charge is -2.37. The van der Waals surface area contributed by atoms with Gasteiger partial charge >= 0.3 is 6.03 Å². The Morgan fingerprint density at radius 1 is 1.14 bits per heavy atom. The Bertz CT molecular complexity index is 853. The van der Waals surface area contributed by atoms with E-state index in [9.17, 15) is 4.79 Å². The van der Waals surface area contributed by atoms with Crippen LogP contribution in [-0.2, 0) is 13.0 Å². The molecule has 1 atom stereocenters. The van der Waals surface area contributed by atoms with Gasteiger partial charge in [-0.15, -0.1) is 0 Å². The molecule has 1 saturated heterocycles. The predicted octanol–water partition coefficient (Wildman–Crippen LogP) is 4.95. The van der Waals surface area contributed by atoms with Crippen LogP contribution in [0.4, 0.5) is 10.5 Å². The summed E-state index contributed by atoms with van der Waals surface area (Å²) >= 11 is 6.18. The summed E-state index contributed by atoms with van der Waals surface area (Å²) in [5.74, 6) is 0.533. The number of hydrogen-bond acceptors (Lipinski definition) is 2. The first-order valence-corrected chi connectivity index (χ1v) is 10.6. The summed E-state index contributed by atoms with van der Waals surface area (Å²) < 4.78 is 0. The maximum absolute atomic E-state index is 12.8. The van der Waals surface area contributed by atoms with E-state index in [0.717, 1.165) is 56.8 Å². The zero-order valence-electron chi connectivity index (χ0n) is 16.5. The van der Waals surface area contributed by atoms with E-state index in [1.165, 1.54) is 17.5 Å². The minimum atomic E-state index is -0.0148. The zero-order chi connectivity index (χ0) is 19.5. The third-order valence-corrected chi connectivity index (χ3v) is 6.45. The van der Waals surface area contributed by atoms with Crippen LogP contribution in [0.1, 0.15) is 29.5 Å². The summed E-state index contributed by atoms with van der Waals surface area (Å²) in [6.07, 6.45) is 3.39. The number of anilines is 1. The number of carbonyl (C=O) groups excluding carboxylic acids is 1. The van der Waals surface area contributed by atoms with Gasteiger partial charge in [0, 0.05) is 43.4 Å². The molecule has 0 aromatic heterocycles. The molecule has 2 amide bonds. The van der Waals surface area contributed by atoms with E-state index in [1.54, 1.807) is 0 Å². The summed E-state index contributed by atoms with van der Waals surface area (Å²) in [5.41, 5.74) is 4.65. The minimum Gasteiger partial charge on any atom is -0.324 e. The Labute approximate surface area is 172 Å². The molecule has 1 unspecified atom stereocenters. The van der Waals surface area contributed by atoms with Crippen molar-refractivity contribution in [3.05, 3.63) is 64.2 Å². The summed E-state index contributed by atoms with van der Waals surface area (Å²) in [6.45, 7) is 6.79. The van der Waals surface area contributed by atoms with E-state index in [0.29, 0.717) is 10.9 Å². The van der Waals surface area contributed by atoms with Gasteiger partial charge in [-0.25, -0.2) is 4.79 Å². The Kier molecular flexibility index (Phi) is 5.88. The van der Waals surface area contributed by atoms with Gasteiger partial charge in [-0.1, -0.05) is 41.9 Å². The van der Waals surface area contributed by atoms with Crippen LogP contribution in [0.15, 0.2) is 42.5 Å². The molecule has 1 fully saturated rings. The van der Waals surface area contributed by atoms with Crippen molar-refractivity contribution in [2.45, 2.75) is 32.7 Å². The van der Waals surface area contributed by atoms with E-state index in [2.05, 4.69) is 34.5 Å². The number of halogens is 1. The SMILES string of the molecule is Cc1c(Cl)cccc1NC(=O)N1CCCC(CN2CCc3ccccc3C2)C1. The topological polar surface area (TPSA) is 35.6 Å². The molecule has 0 radical (unpaired) electrons. The molecule has 2 aromatic rings. The van der Waals surface area contributed by atoms with Gasteiger partial charge in [0.25, 0.3) is 0 Å².